The molecule has 2 aromatic carbocycles. The van der Waals surface area contributed by atoms with E-state index in [0.29, 0.717) is 28.1 Å². The molecule has 9 nitrogen and oxygen atoms in total. The van der Waals surface area contributed by atoms with Crippen LogP contribution in [0.15, 0.2) is 52.9 Å². The van der Waals surface area contributed by atoms with Gasteiger partial charge in [-0.2, -0.15) is 0 Å². The van der Waals surface area contributed by atoms with Crippen molar-refractivity contribution in [3.8, 4) is 17.2 Å². The Kier molecular flexibility index (Phi) is 5.59. The fourth-order valence-corrected chi connectivity index (χ4v) is 3.02. The number of carbonyl (C=O) groups is 1. The van der Waals surface area contributed by atoms with Crippen molar-refractivity contribution in [2.75, 3.05) is 18.2 Å². The highest BCUT2D eigenvalue weighted by Gasteiger charge is 2.20. The first-order valence-electron chi connectivity index (χ1n) is 9.31. The molecule has 0 radical (unpaired) electrons. The molecule has 2 aromatic heterocycles. The van der Waals surface area contributed by atoms with Gasteiger partial charge in [-0.25, -0.2) is 9.67 Å². The molecule has 0 saturated heterocycles. The summed E-state index contributed by atoms with van der Waals surface area (Å²) in [5.74, 6) is 1.48. The molecule has 0 bridgehead atoms. The molecular weight excluding hydrogens is 420 g/mol. The predicted molar refractivity (Wildman–Crippen MR) is 116 cm³/mol. The van der Waals surface area contributed by atoms with Gasteiger partial charge < -0.3 is 20.2 Å². The van der Waals surface area contributed by atoms with Gasteiger partial charge in [0.2, 0.25) is 5.89 Å². The first-order valence-corrected chi connectivity index (χ1v) is 9.69. The van der Waals surface area contributed by atoms with Crippen LogP contribution in [0.5, 0.6) is 5.75 Å². The lowest BCUT2D eigenvalue weighted by molar-refractivity contribution is 0.102. The summed E-state index contributed by atoms with van der Waals surface area (Å²) in [6.45, 7) is 2.01. The van der Waals surface area contributed by atoms with Crippen molar-refractivity contribution >= 4 is 29.0 Å². The van der Waals surface area contributed by atoms with Gasteiger partial charge in [0.1, 0.15) is 17.2 Å². The zero-order valence-electron chi connectivity index (χ0n) is 16.8. The molecule has 10 heteroatoms. The Morgan fingerprint density at radius 2 is 1.90 bits per heavy atom. The summed E-state index contributed by atoms with van der Waals surface area (Å²) < 4.78 is 12.4. The number of anilines is 2. The number of rotatable bonds is 6. The molecule has 0 aliphatic heterocycles. The van der Waals surface area contributed by atoms with Crippen LogP contribution in [0, 0.1) is 6.92 Å². The smallest absolute Gasteiger partial charge is 0.280 e. The second kappa shape index (κ2) is 8.49. The number of halogens is 1. The van der Waals surface area contributed by atoms with Gasteiger partial charge in [0.15, 0.2) is 11.5 Å². The van der Waals surface area contributed by atoms with Crippen LogP contribution < -0.4 is 15.8 Å². The maximum atomic E-state index is 12.5. The number of carbonyl (C=O) groups excluding carboxylic acids is 1. The molecule has 0 aliphatic rings. The van der Waals surface area contributed by atoms with Crippen LogP contribution in [0.3, 0.4) is 0 Å². The zero-order valence-corrected chi connectivity index (χ0v) is 17.6. The van der Waals surface area contributed by atoms with E-state index >= 15 is 0 Å². The number of nitrogens with one attached hydrogen (secondary N) is 1. The molecule has 4 aromatic rings. The molecule has 0 fully saturated rings. The average Bonchev–Trinajstić information content (AvgIpc) is 3.32. The third kappa shape index (κ3) is 4.36. The Hall–Kier alpha value is -3.85. The van der Waals surface area contributed by atoms with E-state index in [4.69, 9.17) is 26.5 Å². The van der Waals surface area contributed by atoms with Crippen LogP contribution in [0.1, 0.15) is 21.9 Å². The quantitative estimate of drug-likeness (QED) is 0.469. The third-order valence-electron chi connectivity index (χ3n) is 4.62. The molecule has 4 rings (SSSR count). The summed E-state index contributed by atoms with van der Waals surface area (Å²) in [6.07, 6.45) is 0. The first kappa shape index (κ1) is 20.4. The molecule has 2 heterocycles. The SMILES string of the molecule is COc1ccc(-c2nc(Cn3nnc(C(=O)Nc4ccc(Cl)cc4)c3N)c(C)o2)cc1. The second-order valence-corrected chi connectivity index (χ2v) is 7.13. The van der Waals surface area contributed by atoms with Gasteiger partial charge in [-0.1, -0.05) is 16.8 Å². The van der Waals surface area contributed by atoms with Crippen LogP contribution in [0.25, 0.3) is 11.5 Å². The molecular formula is C21H19ClN6O3. The molecule has 0 aliphatic carbocycles. The molecule has 0 spiro atoms. The summed E-state index contributed by atoms with van der Waals surface area (Å²) in [5.41, 5.74) is 8.14. The lowest BCUT2D eigenvalue weighted by Gasteiger charge is -2.04. The van der Waals surface area contributed by atoms with Gasteiger partial charge in [0, 0.05) is 16.3 Å². The van der Waals surface area contributed by atoms with Crippen LogP contribution in [0.2, 0.25) is 5.02 Å². The fourth-order valence-electron chi connectivity index (χ4n) is 2.90. The lowest BCUT2D eigenvalue weighted by atomic mass is 10.2. The zero-order chi connectivity index (χ0) is 22.0. The number of aromatic nitrogens is 4. The first-order chi connectivity index (χ1) is 14.9. The van der Waals surface area contributed by atoms with Crippen molar-refractivity contribution in [2.24, 2.45) is 0 Å². The van der Waals surface area contributed by atoms with Crippen molar-refractivity contribution < 1.29 is 13.9 Å². The van der Waals surface area contributed by atoms with Crippen molar-refractivity contribution in [3.05, 3.63) is 70.7 Å². The molecule has 1 amide bonds. The minimum absolute atomic E-state index is 0.0199. The maximum Gasteiger partial charge on any atom is 0.280 e. The van der Waals surface area contributed by atoms with Gasteiger partial charge in [0.05, 0.1) is 13.7 Å². The molecule has 3 N–H and O–H groups in total. The number of nitrogen functional groups attached to an aromatic ring is 1. The second-order valence-electron chi connectivity index (χ2n) is 6.69. The van der Waals surface area contributed by atoms with Crippen LogP contribution in [0.4, 0.5) is 11.5 Å². The van der Waals surface area contributed by atoms with Gasteiger partial charge in [-0.15, -0.1) is 5.10 Å². The number of nitrogens with two attached hydrogens (primary N) is 1. The minimum Gasteiger partial charge on any atom is -0.497 e. The Morgan fingerprint density at radius 3 is 2.58 bits per heavy atom. The highest BCUT2D eigenvalue weighted by Crippen LogP contribution is 2.25. The van der Waals surface area contributed by atoms with Crippen LogP contribution in [-0.4, -0.2) is 33.0 Å². The summed E-state index contributed by atoms with van der Waals surface area (Å²) in [7, 11) is 1.61. The van der Waals surface area contributed by atoms with Crippen molar-refractivity contribution in [1.82, 2.24) is 20.0 Å². The predicted octanol–water partition coefficient (Wildman–Crippen LogP) is 3.79. The summed E-state index contributed by atoms with van der Waals surface area (Å²) in [4.78, 5) is 17.0. The Labute approximate surface area is 182 Å². The normalized spacial score (nSPS) is 10.8. The van der Waals surface area contributed by atoms with E-state index in [1.807, 2.05) is 24.3 Å². The Morgan fingerprint density at radius 1 is 1.19 bits per heavy atom. The maximum absolute atomic E-state index is 12.5. The van der Waals surface area contributed by atoms with Crippen LogP contribution in [-0.2, 0) is 6.54 Å². The van der Waals surface area contributed by atoms with Crippen LogP contribution >= 0.6 is 11.6 Å². The summed E-state index contributed by atoms with van der Waals surface area (Å²) in [6, 6.07) is 14.1. The fraction of sp³-hybridized carbons (Fsp3) is 0.143. The van der Waals surface area contributed by atoms with E-state index in [1.165, 1.54) is 4.68 Å². The topological polar surface area (TPSA) is 121 Å². The number of hydrogen-bond donors (Lipinski definition) is 2. The Balaban J connectivity index is 1.51. The van der Waals surface area contributed by atoms with E-state index in [-0.39, 0.29) is 18.1 Å². The number of ether oxygens (including phenoxy) is 1. The van der Waals surface area contributed by atoms with Crippen molar-refractivity contribution in [3.63, 3.8) is 0 Å². The third-order valence-corrected chi connectivity index (χ3v) is 4.87. The number of aryl methyl sites for hydroxylation is 1. The van der Waals surface area contributed by atoms with E-state index < -0.39 is 5.91 Å². The largest absolute Gasteiger partial charge is 0.497 e. The molecule has 0 saturated carbocycles. The number of oxazole rings is 1. The summed E-state index contributed by atoms with van der Waals surface area (Å²) >= 11 is 5.86. The minimum atomic E-state index is -0.470. The van der Waals surface area contributed by atoms with Gasteiger partial charge in [-0.05, 0) is 55.5 Å². The molecule has 31 heavy (non-hydrogen) atoms. The van der Waals surface area contributed by atoms with E-state index in [0.717, 1.165) is 11.3 Å². The highest BCUT2D eigenvalue weighted by atomic mass is 35.5. The summed E-state index contributed by atoms with van der Waals surface area (Å²) in [5, 5.41) is 11.2. The molecule has 158 valence electrons. The van der Waals surface area contributed by atoms with E-state index in [1.54, 1.807) is 38.3 Å². The number of benzene rings is 2. The Bertz CT molecular complexity index is 1220. The van der Waals surface area contributed by atoms with E-state index in [2.05, 4.69) is 20.6 Å². The molecule has 0 atom stereocenters. The standard InChI is InChI=1S/C21H19ClN6O3/c1-12-17(25-21(31-12)13-3-9-16(30-2)10-4-13)11-28-19(23)18(26-27-28)20(29)24-15-7-5-14(22)6-8-15/h3-10H,11,23H2,1-2H3,(H,24,29). The van der Waals surface area contributed by atoms with Gasteiger partial charge in [-0.3, -0.25) is 4.79 Å². The lowest BCUT2D eigenvalue weighted by Crippen LogP contribution is -2.15. The van der Waals surface area contributed by atoms with Crippen molar-refractivity contribution in [1.29, 1.82) is 0 Å². The van der Waals surface area contributed by atoms with Crippen molar-refractivity contribution in [2.45, 2.75) is 13.5 Å². The van der Waals surface area contributed by atoms with Gasteiger partial charge >= 0.3 is 0 Å². The average molecular weight is 439 g/mol. The number of hydrogen-bond acceptors (Lipinski definition) is 7. The number of amides is 1. The molecule has 0 unspecified atom stereocenters. The highest BCUT2D eigenvalue weighted by molar-refractivity contribution is 6.30. The van der Waals surface area contributed by atoms with Gasteiger partial charge in [0.25, 0.3) is 5.91 Å². The van der Waals surface area contributed by atoms with E-state index in [9.17, 15) is 4.79 Å². The number of methoxy groups -OCH3 is 1. The monoisotopic (exact) mass is 438 g/mol. The number of nitrogens with zero attached hydrogens (tertiary/aromatic N) is 4.